The van der Waals surface area contributed by atoms with Crippen LogP contribution in [0, 0.1) is 0 Å². The van der Waals surface area contributed by atoms with E-state index in [9.17, 15) is 4.79 Å². The van der Waals surface area contributed by atoms with Gasteiger partial charge < -0.3 is 15.4 Å². The summed E-state index contributed by atoms with van der Waals surface area (Å²) in [7, 11) is 0. The molecule has 0 spiro atoms. The lowest BCUT2D eigenvalue weighted by Gasteiger charge is -2.20. The molecule has 18 heavy (non-hydrogen) atoms. The second-order valence-electron chi connectivity index (χ2n) is 4.05. The highest BCUT2D eigenvalue weighted by Crippen LogP contribution is 2.02. The quantitative estimate of drug-likeness (QED) is 0.702. The SMILES string of the molecule is CCN(CCc1ccccc1)C(=O)COCCN. The Labute approximate surface area is 109 Å². The molecule has 0 aliphatic carbocycles. The molecule has 0 atom stereocenters. The lowest BCUT2D eigenvalue weighted by atomic mass is 10.1. The molecule has 1 rings (SSSR count). The van der Waals surface area contributed by atoms with Crippen LogP contribution in [0.2, 0.25) is 0 Å². The number of carbonyl (C=O) groups is 1. The van der Waals surface area contributed by atoms with Crippen molar-refractivity contribution >= 4 is 5.91 Å². The number of benzene rings is 1. The van der Waals surface area contributed by atoms with Crippen LogP contribution in [0.25, 0.3) is 0 Å². The topological polar surface area (TPSA) is 55.6 Å². The van der Waals surface area contributed by atoms with Gasteiger partial charge in [0.05, 0.1) is 6.61 Å². The Kier molecular flexibility index (Phi) is 7.06. The van der Waals surface area contributed by atoms with Crippen LogP contribution in [0.3, 0.4) is 0 Å². The third-order valence-electron chi connectivity index (χ3n) is 2.74. The number of carbonyl (C=O) groups excluding carboxylic acids is 1. The highest BCUT2D eigenvalue weighted by Gasteiger charge is 2.11. The van der Waals surface area contributed by atoms with Gasteiger partial charge in [0.25, 0.3) is 0 Å². The van der Waals surface area contributed by atoms with Crippen LogP contribution in [0.15, 0.2) is 30.3 Å². The molecule has 1 amide bonds. The molecule has 0 saturated heterocycles. The predicted molar refractivity (Wildman–Crippen MR) is 72.3 cm³/mol. The number of hydrogen-bond donors (Lipinski definition) is 1. The van der Waals surface area contributed by atoms with Crippen molar-refractivity contribution in [2.75, 3.05) is 32.8 Å². The number of likely N-dealkylation sites (N-methyl/N-ethyl adjacent to an activating group) is 1. The number of amides is 1. The van der Waals surface area contributed by atoms with Crippen molar-refractivity contribution < 1.29 is 9.53 Å². The van der Waals surface area contributed by atoms with E-state index >= 15 is 0 Å². The van der Waals surface area contributed by atoms with E-state index < -0.39 is 0 Å². The van der Waals surface area contributed by atoms with E-state index in [-0.39, 0.29) is 12.5 Å². The Balaban J connectivity index is 2.35. The normalized spacial score (nSPS) is 10.3. The summed E-state index contributed by atoms with van der Waals surface area (Å²) in [5, 5.41) is 0. The molecular formula is C14H22N2O2. The zero-order valence-electron chi connectivity index (χ0n) is 11.0. The summed E-state index contributed by atoms with van der Waals surface area (Å²) in [6.07, 6.45) is 0.872. The van der Waals surface area contributed by atoms with Crippen molar-refractivity contribution in [3.63, 3.8) is 0 Å². The fourth-order valence-corrected chi connectivity index (χ4v) is 1.70. The summed E-state index contributed by atoms with van der Waals surface area (Å²) in [5.74, 6) is 0.0295. The maximum Gasteiger partial charge on any atom is 0.248 e. The smallest absolute Gasteiger partial charge is 0.248 e. The monoisotopic (exact) mass is 250 g/mol. The molecule has 0 aliphatic rings. The van der Waals surface area contributed by atoms with Crippen LogP contribution < -0.4 is 5.73 Å². The summed E-state index contributed by atoms with van der Waals surface area (Å²) in [6.45, 7) is 4.42. The zero-order chi connectivity index (χ0) is 13.2. The fourth-order valence-electron chi connectivity index (χ4n) is 1.70. The standard InChI is InChI=1S/C14H22N2O2/c1-2-16(14(17)12-18-11-9-15)10-8-13-6-4-3-5-7-13/h3-7H,2,8-12,15H2,1H3. The Morgan fingerprint density at radius 2 is 2.06 bits per heavy atom. The van der Waals surface area contributed by atoms with Crippen LogP contribution in [0.1, 0.15) is 12.5 Å². The zero-order valence-corrected chi connectivity index (χ0v) is 11.0. The molecule has 0 unspecified atom stereocenters. The van der Waals surface area contributed by atoms with Gasteiger partial charge in [-0.3, -0.25) is 4.79 Å². The Bertz CT molecular complexity index is 341. The predicted octanol–water partition coefficient (Wildman–Crippen LogP) is 1.05. The van der Waals surface area contributed by atoms with Gasteiger partial charge in [-0.2, -0.15) is 0 Å². The second-order valence-corrected chi connectivity index (χ2v) is 4.05. The van der Waals surface area contributed by atoms with Crippen LogP contribution in [-0.2, 0) is 16.0 Å². The summed E-state index contributed by atoms with van der Waals surface area (Å²) < 4.78 is 5.16. The van der Waals surface area contributed by atoms with Gasteiger partial charge in [-0.05, 0) is 18.9 Å². The van der Waals surface area contributed by atoms with Crippen molar-refractivity contribution in [1.29, 1.82) is 0 Å². The summed E-state index contributed by atoms with van der Waals surface area (Å²) in [5.41, 5.74) is 6.55. The van der Waals surface area contributed by atoms with Gasteiger partial charge in [-0.1, -0.05) is 30.3 Å². The first-order valence-electron chi connectivity index (χ1n) is 6.37. The number of nitrogens with two attached hydrogens (primary N) is 1. The van der Waals surface area contributed by atoms with Gasteiger partial charge in [-0.15, -0.1) is 0 Å². The van der Waals surface area contributed by atoms with Gasteiger partial charge in [0, 0.05) is 19.6 Å². The van der Waals surface area contributed by atoms with Gasteiger partial charge >= 0.3 is 0 Å². The second kappa shape index (κ2) is 8.66. The molecule has 0 radical (unpaired) electrons. The van der Waals surface area contributed by atoms with E-state index in [4.69, 9.17) is 10.5 Å². The average Bonchev–Trinajstić information content (AvgIpc) is 2.41. The highest BCUT2D eigenvalue weighted by atomic mass is 16.5. The lowest BCUT2D eigenvalue weighted by Crippen LogP contribution is -2.35. The first-order valence-corrected chi connectivity index (χ1v) is 6.37. The van der Waals surface area contributed by atoms with E-state index in [0.29, 0.717) is 19.7 Å². The summed E-state index contributed by atoms with van der Waals surface area (Å²) >= 11 is 0. The van der Waals surface area contributed by atoms with Crippen LogP contribution in [0.5, 0.6) is 0 Å². The molecule has 4 heteroatoms. The first kappa shape index (κ1) is 14.7. The number of nitrogens with zero attached hydrogens (tertiary/aromatic N) is 1. The third kappa shape index (κ3) is 5.29. The number of hydrogen-bond acceptors (Lipinski definition) is 3. The van der Waals surface area contributed by atoms with Gasteiger partial charge in [0.15, 0.2) is 0 Å². The van der Waals surface area contributed by atoms with E-state index in [2.05, 4.69) is 12.1 Å². The van der Waals surface area contributed by atoms with Crippen LogP contribution >= 0.6 is 0 Å². The highest BCUT2D eigenvalue weighted by molar-refractivity contribution is 5.77. The molecule has 0 heterocycles. The maximum atomic E-state index is 11.8. The maximum absolute atomic E-state index is 11.8. The summed E-state index contributed by atoms with van der Waals surface area (Å²) in [6, 6.07) is 10.2. The molecule has 4 nitrogen and oxygen atoms in total. The molecule has 0 aliphatic heterocycles. The van der Waals surface area contributed by atoms with E-state index in [1.807, 2.05) is 30.0 Å². The Hall–Kier alpha value is -1.39. The van der Waals surface area contributed by atoms with Crippen molar-refractivity contribution in [2.45, 2.75) is 13.3 Å². The molecule has 100 valence electrons. The minimum absolute atomic E-state index is 0.0295. The van der Waals surface area contributed by atoms with Crippen LogP contribution in [0.4, 0.5) is 0 Å². The molecule has 1 aromatic carbocycles. The van der Waals surface area contributed by atoms with Crippen molar-refractivity contribution in [1.82, 2.24) is 4.90 Å². The van der Waals surface area contributed by atoms with E-state index in [0.717, 1.165) is 13.0 Å². The van der Waals surface area contributed by atoms with Crippen molar-refractivity contribution in [2.24, 2.45) is 5.73 Å². The molecule has 2 N–H and O–H groups in total. The molecule has 0 fully saturated rings. The molecule has 0 saturated carbocycles. The fraction of sp³-hybridized carbons (Fsp3) is 0.500. The van der Waals surface area contributed by atoms with Gasteiger partial charge in [0.1, 0.15) is 6.61 Å². The molecular weight excluding hydrogens is 228 g/mol. The van der Waals surface area contributed by atoms with Crippen LogP contribution in [-0.4, -0.2) is 43.7 Å². The van der Waals surface area contributed by atoms with Crippen molar-refractivity contribution in [3.8, 4) is 0 Å². The molecule has 0 bridgehead atoms. The van der Waals surface area contributed by atoms with Gasteiger partial charge in [-0.25, -0.2) is 0 Å². The number of rotatable bonds is 8. The van der Waals surface area contributed by atoms with E-state index in [1.54, 1.807) is 0 Å². The van der Waals surface area contributed by atoms with Crippen molar-refractivity contribution in [3.05, 3.63) is 35.9 Å². The average molecular weight is 250 g/mol. The lowest BCUT2D eigenvalue weighted by molar-refractivity contribution is -0.135. The summed E-state index contributed by atoms with van der Waals surface area (Å²) in [4.78, 5) is 13.6. The van der Waals surface area contributed by atoms with E-state index in [1.165, 1.54) is 5.56 Å². The minimum atomic E-state index is 0.0295. The Morgan fingerprint density at radius 3 is 2.67 bits per heavy atom. The molecule has 0 aromatic heterocycles. The van der Waals surface area contributed by atoms with Gasteiger partial charge in [0.2, 0.25) is 5.91 Å². The Morgan fingerprint density at radius 1 is 1.33 bits per heavy atom. The first-order chi connectivity index (χ1) is 8.77. The number of ether oxygens (including phenoxy) is 1. The minimum Gasteiger partial charge on any atom is -0.370 e. The molecule has 1 aromatic rings. The largest absolute Gasteiger partial charge is 0.370 e. The third-order valence-corrected chi connectivity index (χ3v) is 2.74.